The lowest BCUT2D eigenvalue weighted by Gasteiger charge is -2.12. The first-order valence-corrected chi connectivity index (χ1v) is 9.98. The zero-order valence-corrected chi connectivity index (χ0v) is 15.4. The Morgan fingerprint density at radius 2 is 1.20 bits per heavy atom. The molecule has 0 amide bonds. The molecule has 0 spiro atoms. The summed E-state index contributed by atoms with van der Waals surface area (Å²) in [4.78, 5) is 3.47. The van der Waals surface area contributed by atoms with Gasteiger partial charge < -0.3 is 9.47 Å². The minimum atomic E-state index is -4.14. The van der Waals surface area contributed by atoms with Gasteiger partial charge in [0.15, 0.2) is 11.5 Å². The van der Waals surface area contributed by atoms with Crippen molar-refractivity contribution in [1.82, 2.24) is 9.66 Å². The zero-order valence-electron chi connectivity index (χ0n) is 13.8. The first-order chi connectivity index (χ1) is 11.7. The fourth-order valence-electron chi connectivity index (χ4n) is 1.93. The van der Waals surface area contributed by atoms with Gasteiger partial charge in [-0.25, -0.2) is 16.8 Å². The maximum absolute atomic E-state index is 12.3. The molecule has 0 unspecified atom stereocenters. The lowest BCUT2D eigenvalue weighted by molar-refractivity contribution is 0.354. The van der Waals surface area contributed by atoms with Crippen LogP contribution in [0.5, 0.6) is 11.5 Å². The van der Waals surface area contributed by atoms with Gasteiger partial charge in [0, 0.05) is 6.07 Å². The van der Waals surface area contributed by atoms with Crippen molar-refractivity contribution in [3.63, 3.8) is 0 Å². The Morgan fingerprint density at radius 3 is 1.72 bits per heavy atom. The Labute approximate surface area is 146 Å². The number of methoxy groups -OCH3 is 2. The van der Waals surface area contributed by atoms with E-state index in [-0.39, 0.29) is 15.5 Å². The smallest absolute Gasteiger partial charge is 0.254 e. The summed E-state index contributed by atoms with van der Waals surface area (Å²) in [6, 6.07) is 9.87. The quantitative estimate of drug-likeness (QED) is 0.692. The van der Waals surface area contributed by atoms with Gasteiger partial charge in [0.1, 0.15) is 0 Å². The van der Waals surface area contributed by atoms with Crippen LogP contribution in [0.3, 0.4) is 0 Å². The van der Waals surface area contributed by atoms with E-state index in [1.54, 1.807) is 12.1 Å². The van der Waals surface area contributed by atoms with Crippen LogP contribution >= 0.6 is 0 Å². The summed E-state index contributed by atoms with van der Waals surface area (Å²) >= 11 is 0. The number of benzene rings is 2. The van der Waals surface area contributed by atoms with Crippen molar-refractivity contribution in [2.75, 3.05) is 14.2 Å². The molecule has 0 radical (unpaired) electrons. The SMILES string of the molecule is COc1ccc(S(=O)(=O)NNS(=O)(=O)c2ccc(C)cc2)cc1OC. The molecule has 2 aromatic carbocycles. The molecule has 0 saturated carbocycles. The number of sulfonamides is 2. The number of aryl methyl sites for hydroxylation is 1. The van der Waals surface area contributed by atoms with Crippen molar-refractivity contribution in [3.05, 3.63) is 48.0 Å². The second-order valence-corrected chi connectivity index (χ2v) is 8.41. The third kappa shape index (κ3) is 4.48. The highest BCUT2D eigenvalue weighted by molar-refractivity contribution is 7.92. The first kappa shape index (κ1) is 19.2. The Bertz CT molecular complexity index is 954. The summed E-state index contributed by atoms with van der Waals surface area (Å²) in [5.74, 6) is 0.549. The highest BCUT2D eigenvalue weighted by atomic mass is 32.2. The molecule has 0 aliphatic rings. The summed E-state index contributed by atoms with van der Waals surface area (Å²) in [6.45, 7) is 1.81. The van der Waals surface area contributed by atoms with Crippen molar-refractivity contribution in [2.24, 2.45) is 0 Å². The number of rotatable bonds is 7. The summed E-state index contributed by atoms with van der Waals surface area (Å²) < 4.78 is 59.0. The van der Waals surface area contributed by atoms with Gasteiger partial charge in [0.25, 0.3) is 20.0 Å². The number of ether oxygens (including phenoxy) is 2. The van der Waals surface area contributed by atoms with Gasteiger partial charge in [-0.2, -0.15) is 0 Å². The molecule has 0 bridgehead atoms. The number of hydrogen-bond donors (Lipinski definition) is 2. The third-order valence-electron chi connectivity index (χ3n) is 3.31. The van der Waals surface area contributed by atoms with Crippen molar-refractivity contribution in [2.45, 2.75) is 16.7 Å². The van der Waals surface area contributed by atoms with Crippen LogP contribution in [0.15, 0.2) is 52.3 Å². The lowest BCUT2D eigenvalue weighted by Crippen LogP contribution is -2.41. The van der Waals surface area contributed by atoms with Gasteiger partial charge in [-0.15, -0.1) is 9.66 Å². The van der Waals surface area contributed by atoms with E-state index < -0.39 is 20.0 Å². The minimum Gasteiger partial charge on any atom is -0.493 e. The van der Waals surface area contributed by atoms with Crippen molar-refractivity contribution >= 4 is 20.0 Å². The van der Waals surface area contributed by atoms with Crippen LogP contribution in [0.25, 0.3) is 0 Å². The Morgan fingerprint density at radius 1 is 0.720 bits per heavy atom. The van der Waals surface area contributed by atoms with Crippen molar-refractivity contribution < 1.29 is 26.3 Å². The van der Waals surface area contributed by atoms with E-state index in [1.807, 2.05) is 16.6 Å². The molecule has 2 rings (SSSR count). The fourth-order valence-corrected chi connectivity index (χ4v) is 4.05. The molecule has 8 nitrogen and oxygen atoms in total. The normalized spacial score (nSPS) is 12.0. The van der Waals surface area contributed by atoms with E-state index in [2.05, 4.69) is 0 Å². The molecule has 0 atom stereocenters. The molecule has 0 fully saturated rings. The van der Waals surface area contributed by atoms with E-state index in [1.165, 1.54) is 44.6 Å². The predicted octanol–water partition coefficient (Wildman–Crippen LogP) is 1.18. The van der Waals surface area contributed by atoms with Crippen LogP contribution in [0, 0.1) is 6.92 Å². The zero-order chi connectivity index (χ0) is 18.7. The molecule has 0 aliphatic carbocycles. The topological polar surface area (TPSA) is 111 Å². The number of nitrogens with one attached hydrogen (secondary N) is 2. The molecular weight excluding hydrogens is 368 g/mol. The molecule has 0 saturated heterocycles. The Kier molecular flexibility index (Phi) is 5.68. The van der Waals surface area contributed by atoms with Crippen LogP contribution < -0.4 is 19.1 Å². The van der Waals surface area contributed by atoms with Crippen LogP contribution in [0.2, 0.25) is 0 Å². The van der Waals surface area contributed by atoms with Gasteiger partial charge in [-0.1, -0.05) is 17.7 Å². The molecule has 10 heteroatoms. The Balaban J connectivity index is 2.23. The highest BCUT2D eigenvalue weighted by Gasteiger charge is 2.21. The molecule has 2 N–H and O–H groups in total. The van der Waals surface area contributed by atoms with E-state index >= 15 is 0 Å². The first-order valence-electron chi connectivity index (χ1n) is 7.02. The summed E-state index contributed by atoms with van der Waals surface area (Å²) in [7, 11) is -5.41. The predicted molar refractivity (Wildman–Crippen MR) is 91.4 cm³/mol. The highest BCUT2D eigenvalue weighted by Crippen LogP contribution is 2.29. The monoisotopic (exact) mass is 386 g/mol. The molecule has 0 heterocycles. The maximum Gasteiger partial charge on any atom is 0.254 e. The second-order valence-electron chi connectivity index (χ2n) is 5.04. The van der Waals surface area contributed by atoms with Gasteiger partial charge in [-0.3, -0.25) is 0 Å². The third-order valence-corrected chi connectivity index (χ3v) is 5.95. The summed E-state index contributed by atoms with van der Waals surface area (Å²) in [5.41, 5.74) is 0.879. The molecule has 0 aliphatic heterocycles. The number of hydrogen-bond acceptors (Lipinski definition) is 6. The van der Waals surface area contributed by atoms with Crippen LogP contribution in [0.4, 0.5) is 0 Å². The standard InChI is InChI=1S/C15H18N2O6S2/c1-11-4-6-12(7-5-11)24(18,19)16-17-25(20,21)13-8-9-14(22-2)15(10-13)23-3/h4-10,16-17H,1-3H3. The van der Waals surface area contributed by atoms with E-state index in [9.17, 15) is 16.8 Å². The molecule has 25 heavy (non-hydrogen) atoms. The second kappa shape index (κ2) is 7.40. The molecule has 2 aromatic rings. The largest absolute Gasteiger partial charge is 0.493 e. The van der Waals surface area contributed by atoms with E-state index in [0.29, 0.717) is 5.75 Å². The van der Waals surface area contributed by atoms with Gasteiger partial charge in [0.05, 0.1) is 24.0 Å². The van der Waals surface area contributed by atoms with Crippen LogP contribution in [0.1, 0.15) is 5.56 Å². The van der Waals surface area contributed by atoms with Crippen molar-refractivity contribution in [1.29, 1.82) is 0 Å². The van der Waals surface area contributed by atoms with Crippen molar-refractivity contribution in [3.8, 4) is 11.5 Å². The molecule has 136 valence electrons. The average Bonchev–Trinajstić information content (AvgIpc) is 2.60. The number of hydrazine groups is 1. The molecule has 0 aromatic heterocycles. The van der Waals surface area contributed by atoms with Gasteiger partial charge in [-0.05, 0) is 31.2 Å². The summed E-state index contributed by atoms with van der Waals surface area (Å²) in [5, 5.41) is 0. The van der Waals surface area contributed by atoms with Gasteiger partial charge in [0.2, 0.25) is 0 Å². The fraction of sp³-hybridized carbons (Fsp3) is 0.200. The van der Waals surface area contributed by atoms with Crippen LogP contribution in [-0.4, -0.2) is 31.1 Å². The summed E-state index contributed by atoms with van der Waals surface area (Å²) in [6.07, 6.45) is 0. The molecular formula is C15H18N2O6S2. The lowest BCUT2D eigenvalue weighted by atomic mass is 10.2. The van der Waals surface area contributed by atoms with E-state index in [0.717, 1.165) is 5.56 Å². The minimum absolute atomic E-state index is 0.0619. The van der Waals surface area contributed by atoms with Crippen LogP contribution in [-0.2, 0) is 20.0 Å². The van der Waals surface area contributed by atoms with Gasteiger partial charge >= 0.3 is 0 Å². The van der Waals surface area contributed by atoms with E-state index in [4.69, 9.17) is 9.47 Å². The Hall–Kier alpha value is -2.14. The average molecular weight is 386 g/mol. The maximum atomic E-state index is 12.3.